The average molecular weight is 368 g/mol. The molecule has 2 aromatic rings. The van der Waals surface area contributed by atoms with Crippen LogP contribution in [-0.2, 0) is 10.3 Å². The minimum Gasteiger partial charge on any atom is -0.376 e. The van der Waals surface area contributed by atoms with Gasteiger partial charge in [0.15, 0.2) is 5.82 Å². The molecule has 2 amide bonds. The number of amides is 2. The standard InChI is InChI=1S/C19H20N4O4/c20-19(6-2-7-19)18-21-15(27-22-18)11-4-5-13-14(9-11)17(25)23(16(13)24)10-12-3-1-8-26-12/h4-5,9,12H,1-3,6-8,10,20H2. The van der Waals surface area contributed by atoms with E-state index in [0.29, 0.717) is 41.6 Å². The van der Waals surface area contributed by atoms with Crippen molar-refractivity contribution in [3.63, 3.8) is 0 Å². The van der Waals surface area contributed by atoms with Crippen molar-refractivity contribution >= 4 is 11.8 Å². The Kier molecular flexibility index (Phi) is 3.66. The summed E-state index contributed by atoms with van der Waals surface area (Å²) in [6, 6.07) is 5.01. The first-order valence-electron chi connectivity index (χ1n) is 9.30. The summed E-state index contributed by atoms with van der Waals surface area (Å²) in [7, 11) is 0. The van der Waals surface area contributed by atoms with E-state index in [1.807, 2.05) is 0 Å². The number of rotatable bonds is 4. The molecule has 140 valence electrons. The summed E-state index contributed by atoms with van der Waals surface area (Å²) in [6.45, 7) is 0.974. The number of hydrogen-bond donors (Lipinski definition) is 1. The largest absolute Gasteiger partial charge is 0.376 e. The maximum absolute atomic E-state index is 12.8. The number of carbonyl (C=O) groups excluding carboxylic acids is 2. The van der Waals surface area contributed by atoms with E-state index in [9.17, 15) is 9.59 Å². The Labute approximate surface area is 155 Å². The fraction of sp³-hybridized carbons (Fsp3) is 0.474. The van der Waals surface area contributed by atoms with Crippen LogP contribution in [-0.4, -0.2) is 46.1 Å². The molecule has 27 heavy (non-hydrogen) atoms. The lowest BCUT2D eigenvalue weighted by Gasteiger charge is -2.34. The Bertz CT molecular complexity index is 928. The third kappa shape index (κ3) is 2.59. The molecule has 8 heteroatoms. The Hall–Kier alpha value is -2.58. The van der Waals surface area contributed by atoms with Crippen molar-refractivity contribution in [3.05, 3.63) is 35.2 Å². The second-order valence-corrected chi connectivity index (χ2v) is 7.55. The highest BCUT2D eigenvalue weighted by molar-refractivity contribution is 6.21. The third-order valence-corrected chi connectivity index (χ3v) is 5.74. The van der Waals surface area contributed by atoms with Gasteiger partial charge in [-0.3, -0.25) is 14.5 Å². The van der Waals surface area contributed by atoms with Gasteiger partial charge in [-0.1, -0.05) is 5.16 Å². The summed E-state index contributed by atoms with van der Waals surface area (Å²) in [5, 5.41) is 4.01. The monoisotopic (exact) mass is 368 g/mol. The molecule has 3 heterocycles. The van der Waals surface area contributed by atoms with Crippen molar-refractivity contribution in [2.24, 2.45) is 5.73 Å². The van der Waals surface area contributed by atoms with Gasteiger partial charge in [-0.2, -0.15) is 4.98 Å². The first-order valence-corrected chi connectivity index (χ1v) is 9.30. The van der Waals surface area contributed by atoms with E-state index in [2.05, 4.69) is 10.1 Å². The molecular formula is C19H20N4O4. The van der Waals surface area contributed by atoms with Crippen molar-refractivity contribution in [1.29, 1.82) is 0 Å². The molecule has 8 nitrogen and oxygen atoms in total. The van der Waals surface area contributed by atoms with Gasteiger partial charge in [0.1, 0.15) is 0 Å². The van der Waals surface area contributed by atoms with Crippen LogP contribution in [0.3, 0.4) is 0 Å². The molecular weight excluding hydrogens is 348 g/mol. The number of nitrogens with zero attached hydrogens (tertiary/aromatic N) is 3. The van der Waals surface area contributed by atoms with Gasteiger partial charge in [-0.15, -0.1) is 0 Å². The van der Waals surface area contributed by atoms with Crippen molar-refractivity contribution in [1.82, 2.24) is 15.0 Å². The summed E-state index contributed by atoms with van der Waals surface area (Å²) in [4.78, 5) is 31.1. The molecule has 1 saturated carbocycles. The van der Waals surface area contributed by atoms with Crippen LogP contribution in [0.1, 0.15) is 58.6 Å². The molecule has 1 aliphatic carbocycles. The quantitative estimate of drug-likeness (QED) is 0.820. The highest BCUT2D eigenvalue weighted by Gasteiger charge is 2.40. The molecule has 5 rings (SSSR count). The fourth-order valence-corrected chi connectivity index (χ4v) is 3.91. The van der Waals surface area contributed by atoms with Gasteiger partial charge in [0.25, 0.3) is 17.7 Å². The molecule has 1 unspecified atom stereocenters. The first-order chi connectivity index (χ1) is 13.0. The highest BCUT2D eigenvalue weighted by Crippen LogP contribution is 2.38. The molecule has 1 aromatic heterocycles. The van der Waals surface area contributed by atoms with Crippen LogP contribution in [0, 0.1) is 0 Å². The maximum Gasteiger partial charge on any atom is 0.261 e. The van der Waals surface area contributed by atoms with Crippen LogP contribution >= 0.6 is 0 Å². The summed E-state index contributed by atoms with van der Waals surface area (Å²) >= 11 is 0. The van der Waals surface area contributed by atoms with E-state index in [1.165, 1.54) is 4.90 Å². The Morgan fingerprint density at radius 1 is 1.19 bits per heavy atom. The summed E-state index contributed by atoms with van der Waals surface area (Å²) in [6.07, 6.45) is 4.47. The topological polar surface area (TPSA) is 112 Å². The minimum absolute atomic E-state index is 0.0756. The second-order valence-electron chi connectivity index (χ2n) is 7.55. The van der Waals surface area contributed by atoms with Crippen molar-refractivity contribution in [2.45, 2.75) is 43.7 Å². The van der Waals surface area contributed by atoms with Crippen molar-refractivity contribution < 1.29 is 18.8 Å². The molecule has 0 bridgehead atoms. The van der Waals surface area contributed by atoms with Crippen LogP contribution in [0.15, 0.2) is 22.7 Å². The maximum atomic E-state index is 12.8. The van der Waals surface area contributed by atoms with Crippen LogP contribution in [0.4, 0.5) is 0 Å². The summed E-state index contributed by atoms with van der Waals surface area (Å²) < 4.78 is 10.9. The number of carbonyl (C=O) groups is 2. The second kappa shape index (κ2) is 5.97. The number of imide groups is 1. The molecule has 0 spiro atoms. The highest BCUT2D eigenvalue weighted by atomic mass is 16.5. The van der Waals surface area contributed by atoms with Crippen LogP contribution in [0.25, 0.3) is 11.5 Å². The van der Waals surface area contributed by atoms with Gasteiger partial charge < -0.3 is 15.0 Å². The van der Waals surface area contributed by atoms with Gasteiger partial charge in [0, 0.05) is 12.2 Å². The molecule has 1 aromatic carbocycles. The molecule has 1 saturated heterocycles. The average Bonchev–Trinajstić information content (AvgIpc) is 3.38. The number of ether oxygens (including phenoxy) is 1. The summed E-state index contributed by atoms with van der Waals surface area (Å²) in [5.41, 5.74) is 7.10. The SMILES string of the molecule is NC1(c2noc(-c3ccc4c(c3)C(=O)N(CC3CCCO3)C4=O)n2)CCC1. The zero-order chi connectivity index (χ0) is 18.6. The smallest absolute Gasteiger partial charge is 0.261 e. The summed E-state index contributed by atoms with van der Waals surface area (Å²) in [5.74, 6) is 0.217. The first kappa shape index (κ1) is 16.6. The normalized spacial score (nSPS) is 23.6. The van der Waals surface area contributed by atoms with Gasteiger partial charge >= 0.3 is 0 Å². The van der Waals surface area contributed by atoms with E-state index < -0.39 is 5.54 Å². The predicted octanol–water partition coefficient (Wildman–Crippen LogP) is 1.85. The Balaban J connectivity index is 1.42. The van der Waals surface area contributed by atoms with E-state index in [1.54, 1.807) is 18.2 Å². The number of benzene rings is 1. The molecule has 2 fully saturated rings. The molecule has 1 atom stereocenters. The van der Waals surface area contributed by atoms with E-state index in [4.69, 9.17) is 15.0 Å². The number of aromatic nitrogens is 2. The van der Waals surface area contributed by atoms with Crippen LogP contribution in [0.2, 0.25) is 0 Å². The molecule has 3 aliphatic rings. The predicted molar refractivity (Wildman–Crippen MR) is 93.8 cm³/mol. The van der Waals surface area contributed by atoms with Gasteiger partial charge in [-0.05, 0) is 50.3 Å². The third-order valence-electron chi connectivity index (χ3n) is 5.74. The Morgan fingerprint density at radius 2 is 2.00 bits per heavy atom. The molecule has 2 aliphatic heterocycles. The molecule has 0 radical (unpaired) electrons. The zero-order valence-corrected chi connectivity index (χ0v) is 14.8. The van der Waals surface area contributed by atoms with Gasteiger partial charge in [-0.25, -0.2) is 0 Å². The minimum atomic E-state index is -0.512. The van der Waals surface area contributed by atoms with Gasteiger partial charge in [0.2, 0.25) is 0 Å². The van der Waals surface area contributed by atoms with Crippen LogP contribution < -0.4 is 5.73 Å². The lowest BCUT2D eigenvalue weighted by atomic mass is 9.77. The zero-order valence-electron chi connectivity index (χ0n) is 14.8. The lowest BCUT2D eigenvalue weighted by Crippen LogP contribution is -2.44. The number of fused-ring (bicyclic) bond motifs is 1. The van der Waals surface area contributed by atoms with E-state index in [-0.39, 0.29) is 17.9 Å². The number of hydrogen-bond acceptors (Lipinski definition) is 7. The van der Waals surface area contributed by atoms with Gasteiger partial charge in [0.05, 0.1) is 29.3 Å². The van der Waals surface area contributed by atoms with Crippen molar-refractivity contribution in [2.75, 3.05) is 13.2 Å². The van der Waals surface area contributed by atoms with E-state index in [0.717, 1.165) is 32.1 Å². The molecule has 2 N–H and O–H groups in total. The lowest BCUT2D eigenvalue weighted by molar-refractivity contribution is 0.0475. The fourth-order valence-electron chi connectivity index (χ4n) is 3.91. The van der Waals surface area contributed by atoms with Crippen molar-refractivity contribution in [3.8, 4) is 11.5 Å². The van der Waals surface area contributed by atoms with Crippen LogP contribution in [0.5, 0.6) is 0 Å². The number of nitrogens with two attached hydrogens (primary N) is 1. The Morgan fingerprint density at radius 3 is 2.70 bits per heavy atom. The van der Waals surface area contributed by atoms with E-state index >= 15 is 0 Å².